The van der Waals surface area contributed by atoms with Gasteiger partial charge in [-0.05, 0) is 36.8 Å². The van der Waals surface area contributed by atoms with E-state index >= 15 is 0 Å². The zero-order valence-electron chi connectivity index (χ0n) is 13.1. The Bertz CT molecular complexity index is 849. The summed E-state index contributed by atoms with van der Waals surface area (Å²) in [5, 5.41) is 3.97. The fourth-order valence-electron chi connectivity index (χ4n) is 4.88. The second kappa shape index (κ2) is 5.57. The van der Waals surface area contributed by atoms with Crippen LogP contribution in [0.4, 0.5) is 0 Å². The largest absolute Gasteiger partial charge is 0.329 e. The SMILES string of the molecule is Cl.O=C(c1nc2ccccc2c(=O)[nH]1)N1[C@@H]2CC[C@H]1[C@H]1CNC[C@H]12. The van der Waals surface area contributed by atoms with E-state index in [0.29, 0.717) is 34.8 Å². The van der Waals surface area contributed by atoms with Crippen molar-refractivity contribution in [3.63, 3.8) is 0 Å². The van der Waals surface area contributed by atoms with Gasteiger partial charge in [-0.25, -0.2) is 4.98 Å². The van der Waals surface area contributed by atoms with Crippen molar-refractivity contribution >= 4 is 29.2 Å². The molecule has 1 aromatic carbocycles. The van der Waals surface area contributed by atoms with Crippen LogP contribution in [0.5, 0.6) is 0 Å². The minimum Gasteiger partial charge on any atom is -0.329 e. The number of nitrogens with one attached hydrogen (secondary N) is 2. The van der Waals surface area contributed by atoms with Gasteiger partial charge in [0.2, 0.25) is 0 Å². The lowest BCUT2D eigenvalue weighted by molar-refractivity contribution is 0.0697. The molecule has 0 spiro atoms. The molecule has 24 heavy (non-hydrogen) atoms. The lowest BCUT2D eigenvalue weighted by atomic mass is 9.82. The summed E-state index contributed by atoms with van der Waals surface area (Å²) in [7, 11) is 0. The molecular formula is C17H19ClN4O2. The van der Waals surface area contributed by atoms with E-state index in [0.717, 1.165) is 25.9 Å². The van der Waals surface area contributed by atoms with E-state index in [-0.39, 0.29) is 29.7 Å². The summed E-state index contributed by atoms with van der Waals surface area (Å²) in [5.74, 6) is 1.18. The number of hydrogen-bond acceptors (Lipinski definition) is 4. The topological polar surface area (TPSA) is 78.1 Å². The first-order chi connectivity index (χ1) is 11.2. The highest BCUT2D eigenvalue weighted by Crippen LogP contribution is 2.47. The number of aromatic amines is 1. The molecule has 0 saturated carbocycles. The molecule has 3 fully saturated rings. The molecule has 0 aliphatic carbocycles. The van der Waals surface area contributed by atoms with Gasteiger partial charge in [-0.2, -0.15) is 0 Å². The molecule has 3 aliphatic heterocycles. The molecule has 1 amide bonds. The van der Waals surface area contributed by atoms with E-state index in [4.69, 9.17) is 0 Å². The molecule has 0 unspecified atom stereocenters. The molecule has 3 saturated heterocycles. The summed E-state index contributed by atoms with van der Waals surface area (Å²) in [6.45, 7) is 1.99. The number of carbonyl (C=O) groups is 1. The van der Waals surface area contributed by atoms with E-state index < -0.39 is 0 Å². The number of benzene rings is 1. The second-order valence-electron chi connectivity index (χ2n) is 6.84. The van der Waals surface area contributed by atoms with Gasteiger partial charge in [0.15, 0.2) is 5.82 Å². The number of carbonyl (C=O) groups excluding carboxylic acids is 1. The van der Waals surface area contributed by atoms with Crippen LogP contribution in [-0.4, -0.2) is 45.9 Å². The Morgan fingerprint density at radius 2 is 1.79 bits per heavy atom. The Kier molecular flexibility index (Phi) is 3.62. The molecule has 126 valence electrons. The van der Waals surface area contributed by atoms with Gasteiger partial charge in [-0.15, -0.1) is 12.4 Å². The summed E-state index contributed by atoms with van der Waals surface area (Å²) in [5.41, 5.74) is 0.334. The van der Waals surface area contributed by atoms with Gasteiger partial charge in [-0.3, -0.25) is 9.59 Å². The quantitative estimate of drug-likeness (QED) is 0.812. The van der Waals surface area contributed by atoms with E-state index in [1.54, 1.807) is 18.2 Å². The molecule has 0 radical (unpaired) electrons. The van der Waals surface area contributed by atoms with E-state index in [1.807, 2.05) is 11.0 Å². The average molecular weight is 347 g/mol. The molecule has 6 nitrogen and oxygen atoms in total. The Morgan fingerprint density at radius 1 is 1.12 bits per heavy atom. The number of hydrogen-bond donors (Lipinski definition) is 2. The smallest absolute Gasteiger partial charge is 0.290 e. The van der Waals surface area contributed by atoms with Crippen molar-refractivity contribution in [2.45, 2.75) is 24.9 Å². The zero-order chi connectivity index (χ0) is 15.6. The molecule has 3 aliphatic rings. The van der Waals surface area contributed by atoms with Crippen LogP contribution >= 0.6 is 12.4 Å². The van der Waals surface area contributed by atoms with Gasteiger partial charge >= 0.3 is 0 Å². The number of H-pyrrole nitrogens is 1. The van der Waals surface area contributed by atoms with Gasteiger partial charge in [0.05, 0.1) is 10.9 Å². The number of rotatable bonds is 1. The maximum Gasteiger partial charge on any atom is 0.290 e. The maximum absolute atomic E-state index is 13.0. The first-order valence-electron chi connectivity index (χ1n) is 8.26. The Balaban J connectivity index is 0.00000146. The highest BCUT2D eigenvalue weighted by atomic mass is 35.5. The van der Waals surface area contributed by atoms with Crippen LogP contribution in [-0.2, 0) is 0 Å². The third-order valence-electron chi connectivity index (χ3n) is 5.82. The summed E-state index contributed by atoms with van der Waals surface area (Å²) < 4.78 is 0. The number of amides is 1. The standard InChI is InChI=1S/C17H18N4O2.ClH/c22-16-9-3-1-2-4-12(9)19-15(20-16)17(23)21-13-5-6-14(21)11-8-18-7-10(11)13;/h1-4,10-11,13-14,18H,5-8H2,(H,19,20,22);1H/t10-,11+,13-,14+;. The number of para-hydroxylation sites is 1. The average Bonchev–Trinajstić information content (AvgIpc) is 3.26. The summed E-state index contributed by atoms with van der Waals surface area (Å²) in [6.07, 6.45) is 2.13. The molecular weight excluding hydrogens is 328 g/mol. The predicted octanol–water partition coefficient (Wildman–Crippen LogP) is 1.17. The van der Waals surface area contributed by atoms with E-state index in [9.17, 15) is 9.59 Å². The van der Waals surface area contributed by atoms with Crippen LogP contribution in [0.3, 0.4) is 0 Å². The van der Waals surface area contributed by atoms with Crippen LogP contribution < -0.4 is 10.9 Å². The number of fused-ring (bicyclic) bond motifs is 6. The van der Waals surface area contributed by atoms with Crippen LogP contribution in [0.1, 0.15) is 23.5 Å². The summed E-state index contributed by atoms with van der Waals surface area (Å²) in [6, 6.07) is 7.73. The van der Waals surface area contributed by atoms with Crippen molar-refractivity contribution in [3.05, 3.63) is 40.4 Å². The highest BCUT2D eigenvalue weighted by molar-refractivity contribution is 5.93. The van der Waals surface area contributed by atoms with Crippen molar-refractivity contribution in [3.8, 4) is 0 Å². The van der Waals surface area contributed by atoms with Gasteiger partial charge in [0.25, 0.3) is 11.5 Å². The van der Waals surface area contributed by atoms with Gasteiger partial charge < -0.3 is 15.2 Å². The fraction of sp³-hybridized carbons (Fsp3) is 0.471. The predicted molar refractivity (Wildman–Crippen MR) is 92.4 cm³/mol. The summed E-state index contributed by atoms with van der Waals surface area (Å²) >= 11 is 0. The van der Waals surface area contributed by atoms with Gasteiger partial charge in [-0.1, -0.05) is 12.1 Å². The van der Waals surface area contributed by atoms with Gasteiger partial charge in [0.1, 0.15) is 0 Å². The van der Waals surface area contributed by atoms with Crippen molar-refractivity contribution in [2.24, 2.45) is 11.8 Å². The van der Waals surface area contributed by atoms with Crippen LogP contribution in [0.15, 0.2) is 29.1 Å². The number of halogens is 1. The van der Waals surface area contributed by atoms with Crippen LogP contribution in [0, 0.1) is 11.8 Å². The minimum absolute atomic E-state index is 0. The fourth-order valence-corrected chi connectivity index (χ4v) is 4.88. The number of nitrogens with zero attached hydrogens (tertiary/aromatic N) is 2. The van der Waals surface area contributed by atoms with Crippen molar-refractivity contribution in [2.75, 3.05) is 13.1 Å². The number of aromatic nitrogens is 2. The molecule has 1 aromatic heterocycles. The molecule has 4 atom stereocenters. The second-order valence-corrected chi connectivity index (χ2v) is 6.84. The van der Waals surface area contributed by atoms with Crippen molar-refractivity contribution < 1.29 is 4.79 Å². The van der Waals surface area contributed by atoms with E-state index in [2.05, 4.69) is 15.3 Å². The van der Waals surface area contributed by atoms with Crippen LogP contribution in [0.25, 0.3) is 10.9 Å². The molecule has 2 N–H and O–H groups in total. The normalized spacial score (nSPS) is 30.4. The molecule has 4 heterocycles. The molecule has 2 bridgehead atoms. The Morgan fingerprint density at radius 3 is 2.50 bits per heavy atom. The van der Waals surface area contributed by atoms with Crippen LogP contribution in [0.2, 0.25) is 0 Å². The Labute approximate surface area is 145 Å². The molecule has 7 heteroatoms. The first-order valence-corrected chi connectivity index (χ1v) is 8.26. The maximum atomic E-state index is 13.0. The molecule has 5 rings (SSSR count). The third-order valence-corrected chi connectivity index (χ3v) is 5.82. The highest BCUT2D eigenvalue weighted by Gasteiger charge is 2.56. The van der Waals surface area contributed by atoms with E-state index in [1.165, 1.54) is 0 Å². The monoisotopic (exact) mass is 346 g/mol. The molecule has 2 aromatic rings. The first kappa shape index (κ1) is 15.6. The third kappa shape index (κ3) is 2.03. The van der Waals surface area contributed by atoms with Crippen molar-refractivity contribution in [1.82, 2.24) is 20.2 Å². The van der Waals surface area contributed by atoms with Gasteiger partial charge in [0, 0.05) is 25.2 Å². The lowest BCUT2D eigenvalue weighted by Crippen LogP contribution is -2.40. The Hall–Kier alpha value is -1.92. The van der Waals surface area contributed by atoms with Crippen molar-refractivity contribution in [1.29, 1.82) is 0 Å². The summed E-state index contributed by atoms with van der Waals surface area (Å²) in [4.78, 5) is 34.3. The minimum atomic E-state index is -0.243. The lowest BCUT2D eigenvalue weighted by Gasteiger charge is -2.24. The zero-order valence-corrected chi connectivity index (χ0v) is 13.9.